The van der Waals surface area contributed by atoms with Crippen LogP contribution in [0.3, 0.4) is 0 Å². The summed E-state index contributed by atoms with van der Waals surface area (Å²) in [5.41, 5.74) is 1.88. The number of aliphatic hydroxyl groups is 1. The average molecular weight is 522 g/mol. The number of rotatable bonds is 13. The zero-order valence-corrected chi connectivity index (χ0v) is 21.2. The molecule has 1 saturated heterocycles. The average Bonchev–Trinajstić information content (AvgIpc) is 2.83. The molecule has 1 heterocycles. The van der Waals surface area contributed by atoms with Crippen LogP contribution in [0.25, 0.3) is 0 Å². The van der Waals surface area contributed by atoms with Crippen LogP contribution in [-0.4, -0.2) is 71.3 Å². The lowest BCUT2D eigenvalue weighted by Gasteiger charge is -2.31. The molecule has 12 heteroatoms. The first-order chi connectivity index (χ1) is 17.5. The molecule has 37 heavy (non-hydrogen) atoms. The van der Waals surface area contributed by atoms with E-state index in [0.717, 1.165) is 5.56 Å². The molecule has 0 bridgehead atoms. The van der Waals surface area contributed by atoms with E-state index < -0.39 is 42.1 Å². The van der Waals surface area contributed by atoms with Crippen molar-refractivity contribution in [1.29, 1.82) is 0 Å². The third-order valence-electron chi connectivity index (χ3n) is 5.92. The van der Waals surface area contributed by atoms with E-state index in [2.05, 4.69) is 16.0 Å². The largest absolute Gasteiger partial charge is 0.479 e. The second kappa shape index (κ2) is 14.3. The molecule has 1 aliphatic rings. The zero-order valence-electron chi connectivity index (χ0n) is 21.2. The van der Waals surface area contributed by atoms with Crippen molar-refractivity contribution in [3.63, 3.8) is 0 Å². The van der Waals surface area contributed by atoms with Gasteiger partial charge in [-0.15, -0.1) is 0 Å². The lowest BCUT2D eigenvalue weighted by Crippen LogP contribution is -2.50. The molecule has 0 aliphatic carbocycles. The van der Waals surface area contributed by atoms with Gasteiger partial charge in [0.15, 0.2) is 6.10 Å². The zero-order chi connectivity index (χ0) is 27.5. The normalized spacial score (nSPS) is 20.0. The van der Waals surface area contributed by atoms with E-state index in [4.69, 9.17) is 9.47 Å². The highest BCUT2D eigenvalue weighted by atomic mass is 16.5. The molecule has 204 valence electrons. The summed E-state index contributed by atoms with van der Waals surface area (Å²) in [5, 5.41) is 27.0. The molecule has 1 fully saturated rings. The summed E-state index contributed by atoms with van der Waals surface area (Å²) < 4.78 is 10.5. The van der Waals surface area contributed by atoms with Crippen LogP contribution in [0, 0.1) is 5.92 Å². The predicted octanol–water partition coefficient (Wildman–Crippen LogP) is 0.501. The smallest absolute Gasteiger partial charge is 0.332 e. The van der Waals surface area contributed by atoms with E-state index in [1.54, 1.807) is 32.0 Å². The summed E-state index contributed by atoms with van der Waals surface area (Å²) in [7, 11) is 0. The van der Waals surface area contributed by atoms with Crippen LogP contribution in [0.15, 0.2) is 18.2 Å². The molecule has 0 spiro atoms. The number of amides is 3. The molecule has 4 atom stereocenters. The van der Waals surface area contributed by atoms with Gasteiger partial charge < -0.3 is 35.6 Å². The van der Waals surface area contributed by atoms with Crippen molar-refractivity contribution in [2.45, 2.75) is 77.4 Å². The molecular formula is C25H35N3O9. The molecule has 0 aromatic heterocycles. The van der Waals surface area contributed by atoms with E-state index in [-0.39, 0.29) is 31.4 Å². The van der Waals surface area contributed by atoms with Crippen LogP contribution in [0.4, 0.5) is 5.69 Å². The Labute approximate surface area is 215 Å². The Bertz CT molecular complexity index is 982. The van der Waals surface area contributed by atoms with Gasteiger partial charge in [-0.1, -0.05) is 19.9 Å². The number of hydrogen-bond acceptors (Lipinski definition) is 8. The van der Waals surface area contributed by atoms with Gasteiger partial charge in [-0.05, 0) is 48.4 Å². The number of hydrogen-bond donors (Lipinski definition) is 5. The number of aliphatic hydroxyl groups excluding tert-OH is 1. The number of carbonyl (C=O) groups is 5. The summed E-state index contributed by atoms with van der Waals surface area (Å²) in [6.07, 6.45) is -1.18. The van der Waals surface area contributed by atoms with E-state index in [0.29, 0.717) is 37.0 Å². The van der Waals surface area contributed by atoms with Crippen LogP contribution in [0.5, 0.6) is 0 Å². The van der Waals surface area contributed by atoms with Gasteiger partial charge in [0.1, 0.15) is 12.6 Å². The summed E-state index contributed by atoms with van der Waals surface area (Å²) in [6, 6.07) is 4.25. The summed E-state index contributed by atoms with van der Waals surface area (Å²) in [5.74, 6) is -2.61. The molecule has 1 aliphatic heterocycles. The Kier molecular flexibility index (Phi) is 11.5. The van der Waals surface area contributed by atoms with Crippen LogP contribution < -0.4 is 16.0 Å². The van der Waals surface area contributed by atoms with Gasteiger partial charge in [-0.2, -0.15) is 0 Å². The fraction of sp³-hybridized carbons (Fsp3) is 0.560. The molecule has 1 aromatic rings. The second-order valence-electron chi connectivity index (χ2n) is 9.33. The molecule has 0 saturated carbocycles. The van der Waals surface area contributed by atoms with Crippen molar-refractivity contribution >= 4 is 35.9 Å². The first-order valence-electron chi connectivity index (χ1n) is 12.1. The third kappa shape index (κ3) is 9.81. The number of carboxylic acid groups (broad SMARTS) is 1. The number of nitrogens with one attached hydrogen (secondary N) is 3. The van der Waals surface area contributed by atoms with Gasteiger partial charge in [-0.3, -0.25) is 19.2 Å². The van der Waals surface area contributed by atoms with Crippen LogP contribution in [0.1, 0.15) is 51.2 Å². The lowest BCUT2D eigenvalue weighted by atomic mass is 9.94. The minimum Gasteiger partial charge on any atom is -0.479 e. The van der Waals surface area contributed by atoms with Gasteiger partial charge in [0.2, 0.25) is 17.7 Å². The Balaban J connectivity index is 2.03. The highest BCUT2D eigenvalue weighted by molar-refractivity contribution is 5.96. The maximum atomic E-state index is 12.5. The number of aryl methyl sites for hydroxylation is 1. The second-order valence-corrected chi connectivity index (χ2v) is 9.33. The maximum absolute atomic E-state index is 12.5. The standard InChI is InChI=1S/C25H35N3O9/c1-14(2)23(27-15(3)30)24(33)26-11-22(32)28-18-6-4-17(12-36-13-29)16(8-18)5-7-20-9-19(31)10-21(37-20)25(34)35/h4,6,8,13-14,19-21,23,31H,5,7,9-12H2,1-3H3,(H,26,33)(H,27,30)(H,28,32)(H,34,35). The van der Waals surface area contributed by atoms with Gasteiger partial charge in [0, 0.05) is 19.0 Å². The van der Waals surface area contributed by atoms with Crippen LogP contribution in [0.2, 0.25) is 0 Å². The van der Waals surface area contributed by atoms with Crippen molar-refractivity contribution in [1.82, 2.24) is 10.6 Å². The SMILES string of the molecule is CC(=O)NC(C(=O)NCC(=O)Nc1ccc(COC=O)c(CCC2CC(O)CC(C(=O)O)O2)c1)C(C)C. The summed E-state index contributed by atoms with van der Waals surface area (Å²) >= 11 is 0. The van der Waals surface area contributed by atoms with Gasteiger partial charge >= 0.3 is 5.97 Å². The molecule has 5 N–H and O–H groups in total. The fourth-order valence-electron chi connectivity index (χ4n) is 4.09. The topological polar surface area (TPSA) is 180 Å². The number of anilines is 1. The van der Waals surface area contributed by atoms with E-state index in [9.17, 15) is 34.2 Å². The van der Waals surface area contributed by atoms with Gasteiger partial charge in [0.25, 0.3) is 6.47 Å². The molecule has 12 nitrogen and oxygen atoms in total. The molecule has 3 amide bonds. The predicted molar refractivity (Wildman–Crippen MR) is 131 cm³/mol. The molecular weight excluding hydrogens is 486 g/mol. The Morgan fingerprint density at radius 3 is 2.54 bits per heavy atom. The molecule has 1 aromatic carbocycles. The van der Waals surface area contributed by atoms with Crippen molar-refractivity contribution in [3.8, 4) is 0 Å². The quantitative estimate of drug-likeness (QED) is 0.231. The first kappa shape index (κ1) is 29.7. The fourth-order valence-corrected chi connectivity index (χ4v) is 4.09. The Hall–Kier alpha value is -3.51. The van der Waals surface area contributed by atoms with E-state index in [1.165, 1.54) is 6.92 Å². The monoisotopic (exact) mass is 521 g/mol. The van der Waals surface area contributed by atoms with Crippen LogP contribution >= 0.6 is 0 Å². The summed E-state index contributed by atoms with van der Waals surface area (Å²) in [6.45, 7) is 4.89. The number of carbonyl (C=O) groups excluding carboxylic acids is 4. The number of ether oxygens (including phenoxy) is 2. The van der Waals surface area contributed by atoms with E-state index in [1.807, 2.05) is 0 Å². The Morgan fingerprint density at radius 2 is 1.92 bits per heavy atom. The van der Waals surface area contributed by atoms with Crippen molar-refractivity contribution in [3.05, 3.63) is 29.3 Å². The minimum atomic E-state index is -1.13. The minimum absolute atomic E-state index is 0.00869. The molecule has 4 unspecified atom stereocenters. The Morgan fingerprint density at radius 1 is 1.19 bits per heavy atom. The number of aliphatic carboxylic acids is 1. The van der Waals surface area contributed by atoms with Crippen molar-refractivity contribution in [2.75, 3.05) is 11.9 Å². The highest BCUT2D eigenvalue weighted by Gasteiger charge is 2.32. The third-order valence-corrected chi connectivity index (χ3v) is 5.92. The van der Waals surface area contributed by atoms with Gasteiger partial charge in [0.05, 0.1) is 18.8 Å². The van der Waals surface area contributed by atoms with Crippen LogP contribution in [-0.2, 0) is 46.5 Å². The lowest BCUT2D eigenvalue weighted by molar-refractivity contribution is -0.166. The van der Waals surface area contributed by atoms with E-state index >= 15 is 0 Å². The van der Waals surface area contributed by atoms with Gasteiger partial charge in [-0.25, -0.2) is 4.79 Å². The summed E-state index contributed by atoms with van der Waals surface area (Å²) in [4.78, 5) is 58.1. The maximum Gasteiger partial charge on any atom is 0.332 e. The molecule has 0 radical (unpaired) electrons. The highest BCUT2D eigenvalue weighted by Crippen LogP contribution is 2.25. The number of benzene rings is 1. The molecule has 2 rings (SSSR count). The number of carboxylic acids is 1. The first-order valence-corrected chi connectivity index (χ1v) is 12.1. The van der Waals surface area contributed by atoms with Crippen molar-refractivity contribution < 1.29 is 43.7 Å². The van der Waals surface area contributed by atoms with Crippen molar-refractivity contribution in [2.24, 2.45) is 5.92 Å².